The normalized spacial score (nSPS) is 12.3. The minimum atomic E-state index is -4.21. The number of hydrogen-bond donors (Lipinski definition) is 1. The number of benzene rings is 4. The Labute approximate surface area is 272 Å². The minimum absolute atomic E-state index is 0.0422. The van der Waals surface area contributed by atoms with Gasteiger partial charge in [-0.15, -0.1) is 0 Å². The first-order valence-electron chi connectivity index (χ1n) is 15.2. The van der Waals surface area contributed by atoms with Gasteiger partial charge in [-0.3, -0.25) is 13.9 Å². The molecule has 0 aromatic heterocycles. The summed E-state index contributed by atoms with van der Waals surface area (Å²) in [5.74, 6) is -1.39. The van der Waals surface area contributed by atoms with E-state index in [0.29, 0.717) is 16.8 Å². The molecule has 4 aromatic carbocycles. The fourth-order valence-electron chi connectivity index (χ4n) is 5.23. The maximum atomic E-state index is 14.6. The zero-order valence-corrected chi connectivity index (χ0v) is 28.1. The third-order valence-electron chi connectivity index (χ3n) is 7.54. The molecular weight excluding hydrogens is 601 g/mol. The van der Waals surface area contributed by atoms with Crippen LogP contribution < -0.4 is 9.62 Å². The Morgan fingerprint density at radius 1 is 0.804 bits per heavy atom. The van der Waals surface area contributed by atoms with Gasteiger partial charge in [0.15, 0.2) is 0 Å². The summed E-state index contributed by atoms with van der Waals surface area (Å²) in [7, 11) is -4.21. The van der Waals surface area contributed by atoms with Crippen LogP contribution in [0.5, 0.6) is 0 Å². The van der Waals surface area contributed by atoms with Gasteiger partial charge in [0.05, 0.1) is 10.6 Å². The Balaban J connectivity index is 1.84. The van der Waals surface area contributed by atoms with E-state index in [0.717, 1.165) is 21.0 Å². The molecule has 0 spiro atoms. The average molecular weight is 644 g/mol. The van der Waals surface area contributed by atoms with Crippen molar-refractivity contribution in [2.75, 3.05) is 10.8 Å². The zero-order valence-electron chi connectivity index (χ0n) is 27.2. The van der Waals surface area contributed by atoms with Gasteiger partial charge in [-0.1, -0.05) is 77.9 Å². The number of aryl methyl sites for hydroxylation is 3. The fourth-order valence-corrected chi connectivity index (χ4v) is 6.71. The van der Waals surface area contributed by atoms with Gasteiger partial charge in [-0.25, -0.2) is 12.8 Å². The van der Waals surface area contributed by atoms with Crippen LogP contribution in [-0.4, -0.2) is 43.3 Å². The highest BCUT2D eigenvalue weighted by molar-refractivity contribution is 7.92. The molecule has 0 saturated carbocycles. The number of amides is 2. The first kappa shape index (κ1) is 34.4. The molecule has 1 unspecified atom stereocenters. The Morgan fingerprint density at radius 2 is 1.41 bits per heavy atom. The lowest BCUT2D eigenvalue weighted by atomic mass is 10.0. The van der Waals surface area contributed by atoms with Gasteiger partial charge in [0, 0.05) is 18.5 Å². The van der Waals surface area contributed by atoms with Crippen LogP contribution in [0.3, 0.4) is 0 Å². The Bertz CT molecular complexity index is 1770. The van der Waals surface area contributed by atoms with Crippen LogP contribution in [0.25, 0.3) is 0 Å². The van der Waals surface area contributed by atoms with Crippen LogP contribution in [0.15, 0.2) is 102 Å². The molecule has 0 aliphatic heterocycles. The molecule has 0 fully saturated rings. The molecule has 242 valence electrons. The predicted molar refractivity (Wildman–Crippen MR) is 180 cm³/mol. The van der Waals surface area contributed by atoms with Gasteiger partial charge in [0.25, 0.3) is 10.0 Å². The lowest BCUT2D eigenvalue weighted by Crippen LogP contribution is -2.56. The summed E-state index contributed by atoms with van der Waals surface area (Å²) in [5, 5.41) is 3.01. The first-order valence-corrected chi connectivity index (χ1v) is 16.6. The van der Waals surface area contributed by atoms with Crippen molar-refractivity contribution in [2.45, 2.75) is 71.0 Å². The molecular formula is C37H42FN3O4S. The van der Waals surface area contributed by atoms with Crippen molar-refractivity contribution in [2.24, 2.45) is 0 Å². The highest BCUT2D eigenvalue weighted by Crippen LogP contribution is 2.29. The summed E-state index contributed by atoms with van der Waals surface area (Å²) in [6.45, 7) is 10.5. The predicted octanol–water partition coefficient (Wildman–Crippen LogP) is 6.50. The van der Waals surface area contributed by atoms with Crippen molar-refractivity contribution in [3.05, 3.63) is 131 Å². The number of nitrogens with zero attached hydrogens (tertiary/aromatic N) is 2. The molecule has 0 bridgehead atoms. The summed E-state index contributed by atoms with van der Waals surface area (Å²) < 4.78 is 43.5. The van der Waals surface area contributed by atoms with Crippen molar-refractivity contribution in [3.63, 3.8) is 0 Å². The van der Waals surface area contributed by atoms with E-state index in [4.69, 9.17) is 0 Å². The number of anilines is 1. The van der Waals surface area contributed by atoms with Crippen molar-refractivity contribution in [1.29, 1.82) is 0 Å². The minimum Gasteiger partial charge on any atom is -0.350 e. The average Bonchev–Trinajstić information content (AvgIpc) is 2.98. The highest BCUT2D eigenvalue weighted by atomic mass is 32.2. The van der Waals surface area contributed by atoms with Gasteiger partial charge >= 0.3 is 0 Å². The van der Waals surface area contributed by atoms with E-state index in [1.54, 1.807) is 43.3 Å². The SMILES string of the molecule is Cc1ccc(S(=O)(=O)N(CC(=O)N(Cc2ccc(F)cc2)C(Cc2ccccc2)C(=O)NC(C)(C)C)c2ccc(C)cc2C)cc1. The van der Waals surface area contributed by atoms with Crippen molar-refractivity contribution < 1.29 is 22.4 Å². The van der Waals surface area contributed by atoms with Gasteiger partial charge in [-0.2, -0.15) is 0 Å². The van der Waals surface area contributed by atoms with Crippen molar-refractivity contribution >= 4 is 27.5 Å². The van der Waals surface area contributed by atoms with Gasteiger partial charge in [-0.05, 0) is 88.6 Å². The molecule has 0 aliphatic carbocycles. The van der Waals surface area contributed by atoms with E-state index < -0.39 is 39.9 Å². The number of carbonyl (C=O) groups is 2. The lowest BCUT2D eigenvalue weighted by Gasteiger charge is -2.35. The van der Waals surface area contributed by atoms with Crippen LogP contribution in [0, 0.1) is 26.6 Å². The molecule has 0 radical (unpaired) electrons. The van der Waals surface area contributed by atoms with E-state index in [1.165, 1.54) is 29.2 Å². The molecule has 7 nitrogen and oxygen atoms in total. The Kier molecular flexibility index (Phi) is 10.7. The van der Waals surface area contributed by atoms with Gasteiger partial charge in [0.2, 0.25) is 11.8 Å². The third kappa shape index (κ3) is 8.81. The van der Waals surface area contributed by atoms with Crippen LogP contribution in [0.2, 0.25) is 0 Å². The monoisotopic (exact) mass is 643 g/mol. The summed E-state index contributed by atoms with van der Waals surface area (Å²) >= 11 is 0. The standard InChI is InChI=1S/C37H42FN3O4S/c1-26-12-19-32(20-13-26)46(44,45)41(33-21-14-27(2)22-28(33)3)25-35(42)40(24-30-15-17-31(38)18-16-30)34(36(43)39-37(4,5)6)23-29-10-8-7-9-11-29/h7-22,34H,23-25H2,1-6H3,(H,39,43). The highest BCUT2D eigenvalue weighted by Gasteiger charge is 2.36. The van der Waals surface area contributed by atoms with Gasteiger partial charge < -0.3 is 10.2 Å². The second-order valence-electron chi connectivity index (χ2n) is 12.7. The van der Waals surface area contributed by atoms with Gasteiger partial charge in [0.1, 0.15) is 18.4 Å². The molecule has 1 N–H and O–H groups in total. The van der Waals surface area contributed by atoms with Crippen molar-refractivity contribution in [3.8, 4) is 0 Å². The first-order chi connectivity index (χ1) is 21.6. The number of hydrogen-bond acceptors (Lipinski definition) is 4. The molecule has 4 rings (SSSR count). The molecule has 46 heavy (non-hydrogen) atoms. The summed E-state index contributed by atoms with van der Waals surface area (Å²) in [6.07, 6.45) is 0.184. The maximum Gasteiger partial charge on any atom is 0.264 e. The molecule has 9 heteroatoms. The largest absolute Gasteiger partial charge is 0.350 e. The van der Waals surface area contributed by atoms with Crippen LogP contribution in [-0.2, 0) is 32.6 Å². The maximum absolute atomic E-state index is 14.6. The van der Waals surface area contributed by atoms with E-state index in [2.05, 4.69) is 5.32 Å². The zero-order chi connectivity index (χ0) is 33.6. The smallest absolute Gasteiger partial charge is 0.264 e. The van der Waals surface area contributed by atoms with E-state index in [-0.39, 0.29) is 23.8 Å². The topological polar surface area (TPSA) is 86.8 Å². The summed E-state index contributed by atoms with van der Waals surface area (Å²) in [5.41, 5.74) is 3.70. The summed E-state index contributed by atoms with van der Waals surface area (Å²) in [6, 6.07) is 25.9. The Hall–Kier alpha value is -4.50. The molecule has 0 saturated heterocycles. The molecule has 0 aliphatic rings. The van der Waals surface area contributed by atoms with E-state index >= 15 is 0 Å². The summed E-state index contributed by atoms with van der Waals surface area (Å²) in [4.78, 5) is 30.0. The van der Waals surface area contributed by atoms with Crippen LogP contribution in [0.4, 0.5) is 10.1 Å². The Morgan fingerprint density at radius 3 is 2.00 bits per heavy atom. The molecule has 0 heterocycles. The van der Waals surface area contributed by atoms with Crippen LogP contribution >= 0.6 is 0 Å². The number of rotatable bonds is 11. The van der Waals surface area contributed by atoms with E-state index in [1.807, 2.05) is 71.0 Å². The molecule has 4 aromatic rings. The van der Waals surface area contributed by atoms with Crippen LogP contribution in [0.1, 0.15) is 48.6 Å². The number of halogens is 1. The second kappa shape index (κ2) is 14.3. The number of nitrogens with one attached hydrogen (secondary N) is 1. The quantitative estimate of drug-likeness (QED) is 0.202. The van der Waals surface area contributed by atoms with Crippen molar-refractivity contribution in [1.82, 2.24) is 10.2 Å². The molecule has 2 amide bonds. The molecule has 1 atom stereocenters. The lowest BCUT2D eigenvalue weighted by molar-refractivity contribution is -0.140. The number of sulfonamides is 1. The second-order valence-corrected chi connectivity index (χ2v) is 14.6. The van der Waals surface area contributed by atoms with E-state index in [9.17, 15) is 22.4 Å². The fraction of sp³-hybridized carbons (Fsp3) is 0.297. The third-order valence-corrected chi connectivity index (χ3v) is 9.32. The number of carbonyl (C=O) groups excluding carboxylic acids is 2.